The number of carbonyl (C=O) groups excluding carboxylic acids is 2. The molecule has 0 radical (unpaired) electrons. The number of piperidine rings is 1. The van der Waals surface area contributed by atoms with Crippen molar-refractivity contribution in [2.24, 2.45) is 5.92 Å². The van der Waals surface area contributed by atoms with Gasteiger partial charge >= 0.3 is 11.9 Å². The molecule has 1 unspecified atom stereocenters. The van der Waals surface area contributed by atoms with E-state index in [-0.39, 0.29) is 31.1 Å². The maximum atomic E-state index is 12.2. The monoisotopic (exact) mass is 438 g/mol. The SMILES string of the molecule is CCOC(=O)CN(CC(=O)OCC)C1C[C@H](C)CN(c2ccc(C#N)c3ncccc23)C1. The molecule has 170 valence electrons. The number of esters is 2. The first-order chi connectivity index (χ1) is 15.5. The zero-order chi connectivity index (χ0) is 23.1. The summed E-state index contributed by atoms with van der Waals surface area (Å²) in [6.07, 6.45) is 2.54. The molecule has 0 spiro atoms. The second-order valence-corrected chi connectivity index (χ2v) is 8.06. The zero-order valence-electron chi connectivity index (χ0n) is 18.9. The third-order valence-electron chi connectivity index (χ3n) is 5.64. The Bertz CT molecular complexity index is 983. The first-order valence-corrected chi connectivity index (χ1v) is 11.0. The van der Waals surface area contributed by atoms with Gasteiger partial charge in [-0.1, -0.05) is 6.92 Å². The van der Waals surface area contributed by atoms with Gasteiger partial charge in [-0.05, 0) is 50.5 Å². The highest BCUT2D eigenvalue weighted by molar-refractivity contribution is 5.95. The summed E-state index contributed by atoms with van der Waals surface area (Å²) in [5, 5.41) is 10.4. The molecule has 3 rings (SSSR count). The Morgan fingerprint density at radius 1 is 1.16 bits per heavy atom. The molecule has 1 aromatic heterocycles. The Labute approximate surface area is 188 Å². The molecule has 2 atom stereocenters. The van der Waals surface area contributed by atoms with E-state index in [1.165, 1.54) is 0 Å². The molecule has 1 saturated heterocycles. The van der Waals surface area contributed by atoms with Crippen LogP contribution in [0.1, 0.15) is 32.8 Å². The molecule has 0 aliphatic carbocycles. The molecule has 1 fully saturated rings. The topological polar surface area (TPSA) is 95.8 Å². The summed E-state index contributed by atoms with van der Waals surface area (Å²) in [6.45, 7) is 7.83. The van der Waals surface area contributed by atoms with Gasteiger partial charge in [-0.25, -0.2) is 0 Å². The van der Waals surface area contributed by atoms with Gasteiger partial charge < -0.3 is 14.4 Å². The van der Waals surface area contributed by atoms with E-state index in [4.69, 9.17) is 9.47 Å². The minimum Gasteiger partial charge on any atom is -0.465 e. The highest BCUT2D eigenvalue weighted by Crippen LogP contribution is 2.32. The number of nitrogens with zero attached hydrogens (tertiary/aromatic N) is 4. The Kier molecular flexibility index (Phi) is 8.01. The lowest BCUT2D eigenvalue weighted by Crippen LogP contribution is -2.53. The molecule has 2 aromatic rings. The lowest BCUT2D eigenvalue weighted by atomic mass is 9.93. The van der Waals surface area contributed by atoms with Gasteiger partial charge in [0.1, 0.15) is 6.07 Å². The number of nitriles is 1. The van der Waals surface area contributed by atoms with Crippen LogP contribution in [0.2, 0.25) is 0 Å². The van der Waals surface area contributed by atoms with Gasteiger partial charge in [0.25, 0.3) is 0 Å². The van der Waals surface area contributed by atoms with E-state index >= 15 is 0 Å². The number of carbonyl (C=O) groups is 2. The number of hydrogen-bond donors (Lipinski definition) is 0. The van der Waals surface area contributed by atoms with Crippen molar-refractivity contribution in [2.45, 2.75) is 33.2 Å². The van der Waals surface area contributed by atoms with Crippen LogP contribution in [0.4, 0.5) is 5.69 Å². The van der Waals surface area contributed by atoms with Crippen LogP contribution in [0.15, 0.2) is 30.5 Å². The van der Waals surface area contributed by atoms with Crippen molar-refractivity contribution in [3.8, 4) is 6.07 Å². The highest BCUT2D eigenvalue weighted by atomic mass is 16.5. The summed E-state index contributed by atoms with van der Waals surface area (Å²) >= 11 is 0. The van der Waals surface area contributed by atoms with E-state index in [1.807, 2.05) is 23.1 Å². The van der Waals surface area contributed by atoms with Crippen LogP contribution in [0.3, 0.4) is 0 Å². The summed E-state index contributed by atoms with van der Waals surface area (Å²) < 4.78 is 10.3. The van der Waals surface area contributed by atoms with E-state index < -0.39 is 0 Å². The van der Waals surface area contributed by atoms with Crippen LogP contribution in [-0.4, -0.2) is 67.3 Å². The van der Waals surface area contributed by atoms with Crippen molar-refractivity contribution >= 4 is 28.5 Å². The van der Waals surface area contributed by atoms with Gasteiger partial charge in [0, 0.05) is 36.4 Å². The minimum absolute atomic E-state index is 0.0325. The fourth-order valence-electron chi connectivity index (χ4n) is 4.36. The van der Waals surface area contributed by atoms with E-state index in [1.54, 1.807) is 26.1 Å². The number of fused-ring (bicyclic) bond motifs is 1. The number of aromatic nitrogens is 1. The van der Waals surface area contributed by atoms with Crippen molar-refractivity contribution in [3.05, 3.63) is 36.0 Å². The molecular formula is C24H30N4O4. The average Bonchev–Trinajstić information content (AvgIpc) is 2.77. The van der Waals surface area contributed by atoms with Crippen molar-refractivity contribution in [2.75, 3.05) is 44.3 Å². The van der Waals surface area contributed by atoms with Crippen molar-refractivity contribution in [1.82, 2.24) is 9.88 Å². The number of pyridine rings is 1. The summed E-state index contributed by atoms with van der Waals surface area (Å²) in [4.78, 5) is 33.0. The van der Waals surface area contributed by atoms with E-state index in [2.05, 4.69) is 22.9 Å². The molecule has 0 bridgehead atoms. The first-order valence-electron chi connectivity index (χ1n) is 11.0. The molecule has 0 saturated carbocycles. The minimum atomic E-state index is -0.352. The fraction of sp³-hybridized carbons (Fsp3) is 0.500. The summed E-state index contributed by atoms with van der Waals surface area (Å²) in [6, 6.07) is 9.78. The van der Waals surface area contributed by atoms with Crippen LogP contribution < -0.4 is 4.90 Å². The van der Waals surface area contributed by atoms with Crippen molar-refractivity contribution < 1.29 is 19.1 Å². The predicted molar refractivity (Wildman–Crippen MR) is 121 cm³/mol. The first kappa shape index (κ1) is 23.5. The smallest absolute Gasteiger partial charge is 0.320 e. The standard InChI is InChI=1S/C24H30N4O4/c1-4-31-22(29)15-27(16-23(30)32-5-2)19-11-17(3)13-28(14-19)21-9-8-18(12-25)24-20(21)7-6-10-26-24/h6-10,17,19H,4-5,11,13-16H2,1-3H3/t17-,19?/m0/s1. The fourth-order valence-corrected chi connectivity index (χ4v) is 4.36. The molecule has 32 heavy (non-hydrogen) atoms. The van der Waals surface area contributed by atoms with Gasteiger partial charge in [-0.2, -0.15) is 5.26 Å². The molecule has 0 N–H and O–H groups in total. The molecular weight excluding hydrogens is 408 g/mol. The molecule has 1 aliphatic heterocycles. The molecule has 1 aliphatic rings. The third-order valence-corrected chi connectivity index (χ3v) is 5.64. The Morgan fingerprint density at radius 2 is 1.84 bits per heavy atom. The van der Waals surface area contributed by atoms with E-state index in [0.717, 1.165) is 24.0 Å². The normalized spacial score (nSPS) is 18.4. The number of benzene rings is 1. The van der Waals surface area contributed by atoms with Crippen LogP contribution in [0.5, 0.6) is 0 Å². The lowest BCUT2D eigenvalue weighted by molar-refractivity contribution is -0.149. The van der Waals surface area contributed by atoms with Crippen LogP contribution in [-0.2, 0) is 19.1 Å². The molecule has 8 heteroatoms. The van der Waals surface area contributed by atoms with Gasteiger partial charge in [0.15, 0.2) is 0 Å². The van der Waals surface area contributed by atoms with Crippen LogP contribution in [0.25, 0.3) is 10.9 Å². The maximum Gasteiger partial charge on any atom is 0.320 e. The molecule has 1 aromatic carbocycles. The largest absolute Gasteiger partial charge is 0.465 e. The maximum absolute atomic E-state index is 12.2. The number of hydrogen-bond acceptors (Lipinski definition) is 8. The Morgan fingerprint density at radius 3 is 2.47 bits per heavy atom. The summed E-state index contributed by atoms with van der Waals surface area (Å²) in [5.41, 5.74) is 2.21. The number of ether oxygens (including phenoxy) is 2. The lowest BCUT2D eigenvalue weighted by Gasteiger charge is -2.42. The van der Waals surface area contributed by atoms with Crippen molar-refractivity contribution in [3.63, 3.8) is 0 Å². The number of anilines is 1. The van der Waals surface area contributed by atoms with Crippen LogP contribution >= 0.6 is 0 Å². The van der Waals surface area contributed by atoms with E-state index in [9.17, 15) is 14.9 Å². The Balaban J connectivity index is 1.89. The second kappa shape index (κ2) is 10.9. The number of rotatable bonds is 8. The van der Waals surface area contributed by atoms with E-state index in [0.29, 0.717) is 36.8 Å². The van der Waals surface area contributed by atoms with Gasteiger partial charge in [0.05, 0.1) is 37.4 Å². The quantitative estimate of drug-likeness (QED) is 0.581. The van der Waals surface area contributed by atoms with Crippen molar-refractivity contribution in [1.29, 1.82) is 5.26 Å². The second-order valence-electron chi connectivity index (χ2n) is 8.06. The highest BCUT2D eigenvalue weighted by Gasteiger charge is 2.32. The predicted octanol–water partition coefficient (Wildman–Crippen LogP) is 2.75. The Hall–Kier alpha value is -3.18. The average molecular weight is 439 g/mol. The molecule has 8 nitrogen and oxygen atoms in total. The molecule has 2 heterocycles. The van der Waals surface area contributed by atoms with Gasteiger partial charge in [-0.3, -0.25) is 19.5 Å². The molecule has 0 amide bonds. The third kappa shape index (κ3) is 5.54. The summed E-state index contributed by atoms with van der Waals surface area (Å²) in [7, 11) is 0. The zero-order valence-corrected chi connectivity index (χ0v) is 18.9. The van der Waals surface area contributed by atoms with Gasteiger partial charge in [-0.15, -0.1) is 0 Å². The van der Waals surface area contributed by atoms with Gasteiger partial charge in [0.2, 0.25) is 0 Å². The van der Waals surface area contributed by atoms with Crippen LogP contribution in [0, 0.1) is 17.2 Å². The summed E-state index contributed by atoms with van der Waals surface area (Å²) in [5.74, 6) is -0.368.